The van der Waals surface area contributed by atoms with Gasteiger partial charge >= 0.3 is 6.18 Å². The fourth-order valence-corrected chi connectivity index (χ4v) is 1.96. The fraction of sp³-hybridized carbons (Fsp3) is 0.429. The largest absolute Gasteiger partial charge is 0.417 e. The van der Waals surface area contributed by atoms with E-state index in [-0.39, 0.29) is 41.8 Å². The maximum absolute atomic E-state index is 13.0. The molecule has 0 bridgehead atoms. The van der Waals surface area contributed by atoms with Crippen molar-refractivity contribution in [1.29, 1.82) is 0 Å². The average Bonchev–Trinajstić information content (AvgIpc) is 2.52. The Bertz CT molecular complexity index is 654. The molecule has 2 rings (SSSR count). The molecule has 24 heavy (non-hydrogen) atoms. The molecule has 0 saturated heterocycles. The molecule has 1 aromatic heterocycles. The van der Waals surface area contributed by atoms with Crippen LogP contribution in [0.4, 0.5) is 19.0 Å². The molecule has 2 aromatic rings. The molecule has 0 amide bonds. The predicted octanol–water partition coefficient (Wildman–Crippen LogP) is 2.03. The van der Waals surface area contributed by atoms with Gasteiger partial charge < -0.3 is 21.3 Å². The quantitative estimate of drug-likeness (QED) is 0.604. The summed E-state index contributed by atoms with van der Waals surface area (Å²) in [5, 5.41) is 19.0. The standard InChI is InChI=1S/C11H9ClF3N3O.C3H9NO/c12-10-17-7-3-1-2-6(11(13,14)15)8(7)9(18-10)16-4-5-19;4-2-1-3-5/h1-3,19H,4-5H2,(H,16,17,18);5H,1-4H2. The van der Waals surface area contributed by atoms with Crippen LogP contribution in [-0.2, 0) is 6.18 Å². The van der Waals surface area contributed by atoms with Gasteiger partial charge in [-0.25, -0.2) is 9.97 Å². The third kappa shape index (κ3) is 5.75. The number of nitrogens with two attached hydrogens (primary N) is 1. The first kappa shape index (κ1) is 20.4. The van der Waals surface area contributed by atoms with Gasteiger partial charge in [-0.15, -0.1) is 0 Å². The maximum Gasteiger partial charge on any atom is 0.417 e. The first-order chi connectivity index (χ1) is 11.3. The van der Waals surface area contributed by atoms with E-state index in [4.69, 9.17) is 27.5 Å². The van der Waals surface area contributed by atoms with Crippen molar-refractivity contribution in [2.45, 2.75) is 12.6 Å². The second-order valence-electron chi connectivity index (χ2n) is 4.55. The highest BCUT2D eigenvalue weighted by Crippen LogP contribution is 2.37. The molecule has 0 aliphatic heterocycles. The number of benzene rings is 1. The van der Waals surface area contributed by atoms with E-state index in [2.05, 4.69) is 15.3 Å². The summed E-state index contributed by atoms with van der Waals surface area (Å²) in [6.45, 7) is 0.638. The third-order valence-corrected chi connectivity index (χ3v) is 2.94. The number of alkyl halides is 3. The van der Waals surface area contributed by atoms with Crippen molar-refractivity contribution in [2.24, 2.45) is 5.73 Å². The van der Waals surface area contributed by atoms with E-state index >= 15 is 0 Å². The van der Waals surface area contributed by atoms with Crippen LogP contribution in [0.5, 0.6) is 0 Å². The summed E-state index contributed by atoms with van der Waals surface area (Å²) in [5.74, 6) is -0.0445. The van der Waals surface area contributed by atoms with E-state index in [9.17, 15) is 13.2 Å². The monoisotopic (exact) mass is 366 g/mol. The van der Waals surface area contributed by atoms with Crippen LogP contribution < -0.4 is 11.1 Å². The Kier molecular flexibility index (Phi) is 8.13. The highest BCUT2D eigenvalue weighted by molar-refractivity contribution is 6.28. The Hall–Kier alpha value is -1.68. The van der Waals surface area contributed by atoms with Crippen molar-refractivity contribution in [3.8, 4) is 0 Å². The minimum absolute atomic E-state index is 0.0445. The molecule has 0 atom stereocenters. The van der Waals surface area contributed by atoms with Gasteiger partial charge in [0.25, 0.3) is 0 Å². The first-order valence-electron chi connectivity index (χ1n) is 7.04. The molecular weight excluding hydrogens is 349 g/mol. The van der Waals surface area contributed by atoms with Crippen LogP contribution >= 0.6 is 11.6 Å². The second-order valence-corrected chi connectivity index (χ2v) is 4.89. The molecule has 0 saturated carbocycles. The molecule has 1 aromatic carbocycles. The lowest BCUT2D eigenvalue weighted by atomic mass is 10.1. The van der Waals surface area contributed by atoms with Gasteiger partial charge in [0.15, 0.2) is 0 Å². The highest BCUT2D eigenvalue weighted by Gasteiger charge is 2.34. The Morgan fingerprint density at radius 2 is 1.88 bits per heavy atom. The van der Waals surface area contributed by atoms with Crippen molar-refractivity contribution >= 4 is 28.3 Å². The molecule has 0 aliphatic rings. The minimum atomic E-state index is -4.52. The SMILES string of the molecule is NCCCO.OCCNc1nc(Cl)nc2cccc(C(F)(F)F)c12. The third-order valence-electron chi connectivity index (χ3n) is 2.77. The topological polar surface area (TPSA) is 104 Å². The van der Waals surface area contributed by atoms with Crippen molar-refractivity contribution < 1.29 is 23.4 Å². The zero-order valence-electron chi connectivity index (χ0n) is 12.6. The van der Waals surface area contributed by atoms with Crippen molar-refractivity contribution in [1.82, 2.24) is 9.97 Å². The second kappa shape index (κ2) is 9.58. The summed E-state index contributed by atoms with van der Waals surface area (Å²) in [5.41, 5.74) is 4.23. The van der Waals surface area contributed by atoms with Gasteiger partial charge in [0, 0.05) is 13.2 Å². The van der Waals surface area contributed by atoms with Crippen molar-refractivity contribution in [2.75, 3.05) is 31.6 Å². The van der Waals surface area contributed by atoms with Crippen LogP contribution in [0, 0.1) is 0 Å². The molecule has 0 radical (unpaired) electrons. The normalized spacial score (nSPS) is 11.1. The van der Waals surface area contributed by atoms with E-state index in [1.165, 1.54) is 12.1 Å². The number of aliphatic hydroxyl groups excluding tert-OH is 2. The van der Waals surface area contributed by atoms with Gasteiger partial charge in [0.05, 0.1) is 23.1 Å². The molecule has 0 aliphatic carbocycles. The number of fused-ring (bicyclic) bond motifs is 1. The van der Waals surface area contributed by atoms with E-state index < -0.39 is 11.7 Å². The Balaban J connectivity index is 0.000000505. The van der Waals surface area contributed by atoms with Gasteiger partial charge in [0.1, 0.15) is 5.82 Å². The number of nitrogens with zero attached hydrogens (tertiary/aromatic N) is 2. The summed E-state index contributed by atoms with van der Waals surface area (Å²) in [6, 6.07) is 3.62. The van der Waals surface area contributed by atoms with Gasteiger partial charge in [0.2, 0.25) is 5.28 Å². The molecule has 5 N–H and O–H groups in total. The number of anilines is 1. The van der Waals surface area contributed by atoms with Crippen LogP contribution in [-0.4, -0.2) is 46.5 Å². The zero-order chi connectivity index (χ0) is 18.2. The predicted molar refractivity (Wildman–Crippen MR) is 85.9 cm³/mol. The highest BCUT2D eigenvalue weighted by atomic mass is 35.5. The van der Waals surface area contributed by atoms with Gasteiger partial charge in [-0.1, -0.05) is 6.07 Å². The molecule has 0 fully saturated rings. The maximum atomic E-state index is 13.0. The van der Waals surface area contributed by atoms with E-state index in [0.29, 0.717) is 6.54 Å². The lowest BCUT2D eigenvalue weighted by Gasteiger charge is -2.13. The summed E-state index contributed by atoms with van der Waals surface area (Å²) in [6.07, 6.45) is -3.80. The molecule has 134 valence electrons. The molecule has 6 nitrogen and oxygen atoms in total. The van der Waals surface area contributed by atoms with Gasteiger partial charge in [-0.05, 0) is 36.7 Å². The summed E-state index contributed by atoms with van der Waals surface area (Å²) in [4.78, 5) is 7.52. The summed E-state index contributed by atoms with van der Waals surface area (Å²) in [7, 11) is 0. The zero-order valence-corrected chi connectivity index (χ0v) is 13.4. The molecule has 1 heterocycles. The number of hydrogen-bond acceptors (Lipinski definition) is 6. The molecule has 0 spiro atoms. The number of nitrogens with one attached hydrogen (secondary N) is 1. The molecular formula is C14H18ClF3N4O2. The number of aromatic nitrogens is 2. The van der Waals surface area contributed by atoms with E-state index in [1.807, 2.05) is 0 Å². The summed E-state index contributed by atoms with van der Waals surface area (Å²) >= 11 is 5.66. The Morgan fingerprint density at radius 3 is 2.38 bits per heavy atom. The summed E-state index contributed by atoms with van der Waals surface area (Å²) < 4.78 is 38.9. The van der Waals surface area contributed by atoms with Crippen molar-refractivity contribution in [3.63, 3.8) is 0 Å². The Labute approximate surface area is 141 Å². The van der Waals surface area contributed by atoms with Crippen LogP contribution in [0.3, 0.4) is 0 Å². The average molecular weight is 367 g/mol. The lowest BCUT2D eigenvalue weighted by Crippen LogP contribution is -2.12. The van der Waals surface area contributed by atoms with Crippen LogP contribution in [0.25, 0.3) is 10.9 Å². The number of halogens is 4. The van der Waals surface area contributed by atoms with Crippen LogP contribution in [0.15, 0.2) is 18.2 Å². The smallest absolute Gasteiger partial charge is 0.396 e. The van der Waals surface area contributed by atoms with Crippen LogP contribution in [0.2, 0.25) is 5.28 Å². The molecule has 10 heteroatoms. The first-order valence-corrected chi connectivity index (χ1v) is 7.42. The van der Waals surface area contributed by atoms with E-state index in [1.54, 1.807) is 0 Å². The number of hydrogen-bond donors (Lipinski definition) is 4. The lowest BCUT2D eigenvalue weighted by molar-refractivity contribution is -0.136. The van der Waals surface area contributed by atoms with Crippen LogP contribution in [0.1, 0.15) is 12.0 Å². The number of rotatable bonds is 5. The molecule has 0 unspecified atom stereocenters. The minimum Gasteiger partial charge on any atom is -0.396 e. The fourth-order valence-electron chi connectivity index (χ4n) is 1.78. The number of aliphatic hydroxyl groups is 2. The van der Waals surface area contributed by atoms with Crippen molar-refractivity contribution in [3.05, 3.63) is 29.0 Å². The Morgan fingerprint density at radius 1 is 1.17 bits per heavy atom. The van der Waals surface area contributed by atoms with E-state index in [0.717, 1.165) is 12.5 Å². The van der Waals surface area contributed by atoms with Gasteiger partial charge in [-0.2, -0.15) is 13.2 Å². The van der Waals surface area contributed by atoms with Gasteiger partial charge in [-0.3, -0.25) is 0 Å².